The van der Waals surface area contributed by atoms with E-state index in [0.717, 1.165) is 43.2 Å². The Morgan fingerprint density at radius 3 is 2.67 bits per heavy atom. The monoisotopic (exact) mass is 239 g/mol. The van der Waals surface area contributed by atoms with Crippen LogP contribution in [-0.2, 0) is 4.74 Å². The zero-order valence-electron chi connectivity index (χ0n) is 10.2. The highest BCUT2D eigenvalue weighted by Crippen LogP contribution is 2.20. The van der Waals surface area contributed by atoms with E-state index in [1.54, 1.807) is 0 Å². The summed E-state index contributed by atoms with van der Waals surface area (Å²) in [5, 5.41) is 0. The Morgan fingerprint density at radius 1 is 1.11 bits per heavy atom. The summed E-state index contributed by atoms with van der Waals surface area (Å²) in [5.74, 6) is 1.03. The van der Waals surface area contributed by atoms with E-state index in [1.165, 1.54) is 0 Å². The molecule has 3 nitrogen and oxygen atoms in total. The molecular weight excluding hydrogens is 224 g/mol. The highest BCUT2D eigenvalue weighted by Gasteiger charge is 2.11. The van der Waals surface area contributed by atoms with Crippen molar-refractivity contribution in [3.05, 3.63) is 48.7 Å². The topological polar surface area (TPSA) is 25.4 Å². The molecule has 1 aliphatic rings. The minimum absolute atomic E-state index is 0.788. The van der Waals surface area contributed by atoms with Crippen LogP contribution < -0.4 is 4.90 Å². The van der Waals surface area contributed by atoms with Gasteiger partial charge in [0.2, 0.25) is 0 Å². The first kappa shape index (κ1) is 11.2. The summed E-state index contributed by atoms with van der Waals surface area (Å²) in [6.07, 6.45) is 1.91. The van der Waals surface area contributed by atoms with Crippen molar-refractivity contribution >= 4 is 5.82 Å². The van der Waals surface area contributed by atoms with Crippen LogP contribution in [0.3, 0.4) is 0 Å². The van der Waals surface area contributed by atoms with E-state index < -0.39 is 0 Å². The minimum atomic E-state index is 0.788. The van der Waals surface area contributed by atoms with Crippen LogP contribution in [0.5, 0.6) is 0 Å². The van der Waals surface area contributed by atoms with Gasteiger partial charge in [-0.15, -0.1) is 0 Å². The number of hydrogen-bond acceptors (Lipinski definition) is 3. The number of morpholine rings is 1. The van der Waals surface area contributed by atoms with E-state index in [1.807, 2.05) is 30.5 Å². The number of rotatable bonds is 2. The van der Waals surface area contributed by atoms with Gasteiger partial charge in [-0.25, -0.2) is 4.98 Å². The van der Waals surface area contributed by atoms with Crippen molar-refractivity contribution in [1.29, 1.82) is 0 Å². The Labute approximate surface area is 107 Å². The highest BCUT2D eigenvalue weighted by atomic mass is 16.5. The van der Waals surface area contributed by atoms with Gasteiger partial charge < -0.3 is 9.64 Å². The Hall–Kier alpha value is -1.87. The van der Waals surface area contributed by atoms with Crippen molar-refractivity contribution in [2.75, 3.05) is 31.2 Å². The number of benzene rings is 1. The van der Waals surface area contributed by atoms with Crippen molar-refractivity contribution < 1.29 is 4.74 Å². The van der Waals surface area contributed by atoms with Crippen molar-refractivity contribution in [3.8, 4) is 11.1 Å². The summed E-state index contributed by atoms with van der Waals surface area (Å²) in [6.45, 7) is 3.42. The maximum Gasteiger partial charge on any atom is 0.128 e. The lowest BCUT2D eigenvalue weighted by Crippen LogP contribution is -2.36. The van der Waals surface area contributed by atoms with Crippen LogP contribution in [0.2, 0.25) is 0 Å². The van der Waals surface area contributed by atoms with Gasteiger partial charge in [-0.2, -0.15) is 0 Å². The van der Waals surface area contributed by atoms with Crippen LogP contribution in [0.1, 0.15) is 0 Å². The Bertz CT molecular complexity index is 490. The van der Waals surface area contributed by atoms with Gasteiger partial charge in [-0.05, 0) is 23.8 Å². The minimum Gasteiger partial charge on any atom is -0.378 e. The van der Waals surface area contributed by atoms with Crippen LogP contribution in [0.15, 0.2) is 42.6 Å². The molecule has 91 valence electrons. The first-order chi connectivity index (χ1) is 8.93. The van der Waals surface area contributed by atoms with Gasteiger partial charge in [0, 0.05) is 24.8 Å². The molecular formula is C15H15N2O. The quantitative estimate of drug-likeness (QED) is 0.804. The Morgan fingerprint density at radius 2 is 2.00 bits per heavy atom. The van der Waals surface area contributed by atoms with E-state index >= 15 is 0 Å². The second-order valence-corrected chi connectivity index (χ2v) is 4.28. The predicted octanol–water partition coefficient (Wildman–Crippen LogP) is 2.39. The largest absolute Gasteiger partial charge is 0.378 e. The lowest BCUT2D eigenvalue weighted by Gasteiger charge is -2.27. The van der Waals surface area contributed by atoms with Crippen LogP contribution in [0.4, 0.5) is 5.82 Å². The molecule has 1 aromatic heterocycles. The molecule has 1 aliphatic heterocycles. The van der Waals surface area contributed by atoms with Gasteiger partial charge in [-0.3, -0.25) is 0 Å². The standard InChI is InChI=1S/C15H15N2O/c1-2-4-13(5-3-1)14-6-7-15(16-12-14)17-8-10-18-11-9-17/h1-4,6-7,12H,8-11H2. The lowest BCUT2D eigenvalue weighted by atomic mass is 10.1. The predicted molar refractivity (Wildman–Crippen MR) is 71.5 cm³/mol. The molecule has 0 aliphatic carbocycles. The number of hydrogen-bond donors (Lipinski definition) is 0. The van der Waals surface area contributed by atoms with E-state index in [0.29, 0.717) is 0 Å². The molecule has 3 heteroatoms. The molecule has 1 aromatic carbocycles. The molecule has 0 amide bonds. The fourth-order valence-corrected chi connectivity index (χ4v) is 2.10. The smallest absolute Gasteiger partial charge is 0.128 e. The lowest BCUT2D eigenvalue weighted by molar-refractivity contribution is 0.122. The summed E-state index contributed by atoms with van der Waals surface area (Å²) in [7, 11) is 0. The molecule has 0 saturated carbocycles. The number of ether oxygens (including phenoxy) is 1. The van der Waals surface area contributed by atoms with Crippen molar-refractivity contribution in [3.63, 3.8) is 0 Å². The molecule has 3 rings (SSSR count). The fraction of sp³-hybridized carbons (Fsp3) is 0.267. The maximum absolute atomic E-state index is 5.34. The second kappa shape index (κ2) is 5.19. The van der Waals surface area contributed by atoms with Crippen LogP contribution in [0, 0.1) is 6.07 Å². The third-order valence-corrected chi connectivity index (χ3v) is 3.10. The van der Waals surface area contributed by atoms with Crippen LogP contribution >= 0.6 is 0 Å². The summed E-state index contributed by atoms with van der Waals surface area (Å²) >= 11 is 0. The molecule has 18 heavy (non-hydrogen) atoms. The van der Waals surface area contributed by atoms with Crippen molar-refractivity contribution in [1.82, 2.24) is 4.98 Å². The average Bonchev–Trinajstić information content (AvgIpc) is 2.49. The number of nitrogens with zero attached hydrogens (tertiary/aromatic N) is 2. The number of anilines is 1. The molecule has 0 atom stereocenters. The first-order valence-electron chi connectivity index (χ1n) is 6.19. The Kier molecular flexibility index (Phi) is 3.24. The summed E-state index contributed by atoms with van der Waals surface area (Å²) < 4.78 is 5.34. The third kappa shape index (κ3) is 2.36. The van der Waals surface area contributed by atoms with Crippen molar-refractivity contribution in [2.45, 2.75) is 0 Å². The fourth-order valence-electron chi connectivity index (χ4n) is 2.10. The maximum atomic E-state index is 5.34. The third-order valence-electron chi connectivity index (χ3n) is 3.10. The average molecular weight is 239 g/mol. The summed E-state index contributed by atoms with van der Waals surface area (Å²) in [5.41, 5.74) is 2.19. The molecule has 2 aromatic rings. The molecule has 1 fully saturated rings. The van der Waals surface area contributed by atoms with Gasteiger partial charge in [0.15, 0.2) is 0 Å². The first-order valence-corrected chi connectivity index (χ1v) is 6.19. The van der Waals surface area contributed by atoms with Gasteiger partial charge >= 0.3 is 0 Å². The Balaban J connectivity index is 1.80. The second-order valence-electron chi connectivity index (χ2n) is 4.28. The molecule has 0 unspecified atom stereocenters. The molecule has 1 saturated heterocycles. The molecule has 0 bridgehead atoms. The normalized spacial score (nSPS) is 15.7. The number of pyridine rings is 1. The van der Waals surface area contributed by atoms with Crippen LogP contribution in [0.25, 0.3) is 11.1 Å². The molecule has 0 spiro atoms. The van der Waals surface area contributed by atoms with E-state index in [4.69, 9.17) is 4.74 Å². The van der Waals surface area contributed by atoms with E-state index in [9.17, 15) is 0 Å². The van der Waals surface area contributed by atoms with Crippen LogP contribution in [-0.4, -0.2) is 31.3 Å². The molecule has 0 N–H and O–H groups in total. The van der Waals surface area contributed by atoms with Gasteiger partial charge in [0.25, 0.3) is 0 Å². The van der Waals surface area contributed by atoms with Crippen molar-refractivity contribution in [2.24, 2.45) is 0 Å². The summed E-state index contributed by atoms with van der Waals surface area (Å²) in [4.78, 5) is 6.78. The highest BCUT2D eigenvalue weighted by molar-refractivity contribution is 5.63. The summed E-state index contributed by atoms with van der Waals surface area (Å²) in [6, 6.07) is 15.3. The zero-order valence-corrected chi connectivity index (χ0v) is 10.2. The number of aromatic nitrogens is 1. The zero-order chi connectivity index (χ0) is 12.2. The van der Waals surface area contributed by atoms with E-state index in [-0.39, 0.29) is 0 Å². The van der Waals surface area contributed by atoms with Gasteiger partial charge in [0.1, 0.15) is 5.82 Å². The SMILES string of the molecule is [c]1ccccc1-c1ccc(N2CCOCC2)nc1. The molecule has 2 heterocycles. The molecule has 1 radical (unpaired) electrons. The van der Waals surface area contributed by atoms with Gasteiger partial charge in [0.05, 0.1) is 13.2 Å². The van der Waals surface area contributed by atoms with Gasteiger partial charge in [-0.1, -0.05) is 24.3 Å². The van der Waals surface area contributed by atoms with E-state index in [2.05, 4.69) is 28.1 Å².